The maximum Gasteiger partial charge on any atom is 0.244 e. The van der Waals surface area contributed by atoms with Gasteiger partial charge in [0.15, 0.2) is 0 Å². The highest BCUT2D eigenvalue weighted by molar-refractivity contribution is 7.89. The van der Waals surface area contributed by atoms with E-state index < -0.39 is 10.0 Å². The van der Waals surface area contributed by atoms with Crippen LogP contribution in [0, 0.1) is 5.92 Å². The summed E-state index contributed by atoms with van der Waals surface area (Å²) in [6.45, 7) is 2.19. The van der Waals surface area contributed by atoms with E-state index in [9.17, 15) is 8.42 Å². The van der Waals surface area contributed by atoms with E-state index in [0.717, 1.165) is 12.0 Å². The highest BCUT2D eigenvalue weighted by Crippen LogP contribution is 2.34. The molecular weight excluding hydrogens is 276 g/mol. The molecule has 1 aliphatic rings. The minimum Gasteiger partial charge on any atom is -0.495 e. The zero-order chi connectivity index (χ0) is 14.8. The molecule has 1 saturated carbocycles. The minimum atomic E-state index is -3.58. The van der Waals surface area contributed by atoms with E-state index in [1.807, 2.05) is 6.92 Å². The highest BCUT2D eigenvalue weighted by atomic mass is 32.2. The molecular formula is C14H22N2O3S. The van der Waals surface area contributed by atoms with E-state index >= 15 is 0 Å². The first-order chi connectivity index (χ1) is 9.46. The summed E-state index contributed by atoms with van der Waals surface area (Å²) in [5.74, 6) is 1.01. The number of rotatable bonds is 7. The predicted molar refractivity (Wildman–Crippen MR) is 78.0 cm³/mol. The van der Waals surface area contributed by atoms with Crippen molar-refractivity contribution in [1.82, 2.24) is 4.72 Å². The summed E-state index contributed by atoms with van der Waals surface area (Å²) in [5, 5.41) is 0. The topological polar surface area (TPSA) is 81.4 Å². The lowest BCUT2D eigenvalue weighted by atomic mass is 10.2. The Kier molecular flexibility index (Phi) is 4.67. The van der Waals surface area contributed by atoms with E-state index in [4.69, 9.17) is 10.5 Å². The first kappa shape index (κ1) is 15.3. The summed E-state index contributed by atoms with van der Waals surface area (Å²) in [6.07, 6.45) is 3.30. The number of benzene rings is 1. The van der Waals surface area contributed by atoms with E-state index in [0.29, 0.717) is 18.2 Å². The fraction of sp³-hybridized carbons (Fsp3) is 0.571. The van der Waals surface area contributed by atoms with Crippen LogP contribution in [-0.2, 0) is 16.6 Å². The molecule has 2 rings (SSSR count). The van der Waals surface area contributed by atoms with Crippen LogP contribution in [0.3, 0.4) is 0 Å². The number of methoxy groups -OCH3 is 1. The van der Waals surface area contributed by atoms with Crippen LogP contribution in [0.1, 0.15) is 31.7 Å². The molecule has 1 fully saturated rings. The lowest BCUT2D eigenvalue weighted by Gasteiger charge is -2.16. The quantitative estimate of drug-likeness (QED) is 0.801. The van der Waals surface area contributed by atoms with Gasteiger partial charge < -0.3 is 10.5 Å². The standard InChI is InChI=1S/C14H22N2O3S/c1-10(7-11-3-4-11)16-20(17,18)14-8-12(9-15)5-6-13(14)19-2/h5-6,8,10-11,16H,3-4,7,9,15H2,1-2H3. The molecule has 5 nitrogen and oxygen atoms in total. The summed E-state index contributed by atoms with van der Waals surface area (Å²) >= 11 is 0. The van der Waals surface area contributed by atoms with Crippen molar-refractivity contribution in [1.29, 1.82) is 0 Å². The van der Waals surface area contributed by atoms with E-state index in [1.165, 1.54) is 20.0 Å². The number of hydrogen-bond donors (Lipinski definition) is 2. The molecule has 1 atom stereocenters. The van der Waals surface area contributed by atoms with E-state index in [2.05, 4.69) is 4.72 Å². The van der Waals surface area contributed by atoms with E-state index in [-0.39, 0.29) is 10.9 Å². The molecule has 0 amide bonds. The molecule has 6 heteroatoms. The molecule has 0 aromatic heterocycles. The van der Waals surface area contributed by atoms with Crippen LogP contribution in [0.4, 0.5) is 0 Å². The molecule has 1 aliphatic carbocycles. The van der Waals surface area contributed by atoms with Gasteiger partial charge in [-0.05, 0) is 37.0 Å². The Labute approximate surface area is 120 Å². The van der Waals surface area contributed by atoms with Gasteiger partial charge >= 0.3 is 0 Å². The zero-order valence-electron chi connectivity index (χ0n) is 11.9. The lowest BCUT2D eigenvalue weighted by Crippen LogP contribution is -2.33. The largest absolute Gasteiger partial charge is 0.495 e. The van der Waals surface area contributed by atoms with Crippen molar-refractivity contribution in [2.75, 3.05) is 7.11 Å². The second-order valence-corrected chi connectivity index (χ2v) is 7.07. The number of nitrogens with two attached hydrogens (primary N) is 1. The number of hydrogen-bond acceptors (Lipinski definition) is 4. The van der Waals surface area contributed by atoms with Gasteiger partial charge in [0.25, 0.3) is 0 Å². The van der Waals surface area contributed by atoms with Gasteiger partial charge in [-0.25, -0.2) is 13.1 Å². The van der Waals surface area contributed by atoms with Gasteiger partial charge in [-0.1, -0.05) is 18.9 Å². The van der Waals surface area contributed by atoms with Crippen molar-refractivity contribution in [3.63, 3.8) is 0 Å². The van der Waals surface area contributed by atoms with Gasteiger partial charge in [-0.15, -0.1) is 0 Å². The van der Waals surface area contributed by atoms with Crippen LogP contribution in [0.15, 0.2) is 23.1 Å². The van der Waals surface area contributed by atoms with Gasteiger partial charge in [0.2, 0.25) is 10.0 Å². The highest BCUT2D eigenvalue weighted by Gasteiger charge is 2.27. The number of sulfonamides is 1. The van der Waals surface area contributed by atoms with Crippen LogP contribution in [0.5, 0.6) is 5.75 Å². The first-order valence-electron chi connectivity index (χ1n) is 6.85. The second kappa shape index (κ2) is 6.11. The molecule has 3 N–H and O–H groups in total. The summed E-state index contributed by atoms with van der Waals surface area (Å²) in [4.78, 5) is 0.158. The van der Waals surface area contributed by atoms with E-state index in [1.54, 1.807) is 18.2 Å². The van der Waals surface area contributed by atoms with Crippen molar-refractivity contribution in [2.45, 2.75) is 43.7 Å². The Balaban J connectivity index is 2.22. The fourth-order valence-corrected chi connectivity index (χ4v) is 3.76. The third-order valence-corrected chi connectivity index (χ3v) is 5.10. The summed E-state index contributed by atoms with van der Waals surface area (Å²) in [5.41, 5.74) is 6.34. The lowest BCUT2D eigenvalue weighted by molar-refractivity contribution is 0.401. The average molecular weight is 298 g/mol. The van der Waals surface area contributed by atoms with Crippen LogP contribution >= 0.6 is 0 Å². The van der Waals surface area contributed by atoms with Crippen molar-refractivity contribution in [3.8, 4) is 5.75 Å². The third-order valence-electron chi connectivity index (χ3n) is 3.49. The Hall–Kier alpha value is -1.11. The zero-order valence-corrected chi connectivity index (χ0v) is 12.7. The van der Waals surface area contributed by atoms with Crippen LogP contribution < -0.4 is 15.2 Å². The van der Waals surface area contributed by atoms with Crippen molar-refractivity contribution in [3.05, 3.63) is 23.8 Å². The number of ether oxygens (including phenoxy) is 1. The van der Waals surface area contributed by atoms with Crippen LogP contribution in [-0.4, -0.2) is 21.6 Å². The molecule has 0 aliphatic heterocycles. The first-order valence-corrected chi connectivity index (χ1v) is 8.34. The molecule has 0 saturated heterocycles. The van der Waals surface area contributed by atoms with Crippen molar-refractivity contribution < 1.29 is 13.2 Å². The molecule has 0 spiro atoms. The normalized spacial score (nSPS) is 16.9. The Morgan fingerprint density at radius 2 is 2.15 bits per heavy atom. The molecule has 0 radical (unpaired) electrons. The predicted octanol–water partition coefficient (Wildman–Crippen LogP) is 1.62. The molecule has 1 aromatic rings. The molecule has 20 heavy (non-hydrogen) atoms. The van der Waals surface area contributed by atoms with Crippen molar-refractivity contribution in [2.24, 2.45) is 11.7 Å². The van der Waals surface area contributed by atoms with Gasteiger partial charge in [-0.3, -0.25) is 0 Å². The third kappa shape index (κ3) is 3.71. The minimum absolute atomic E-state index is 0.0706. The molecule has 1 unspecified atom stereocenters. The fourth-order valence-electron chi connectivity index (χ4n) is 2.29. The summed E-state index contributed by atoms with van der Waals surface area (Å²) in [7, 11) is -2.12. The smallest absolute Gasteiger partial charge is 0.244 e. The van der Waals surface area contributed by atoms with Gasteiger partial charge in [-0.2, -0.15) is 0 Å². The molecule has 0 heterocycles. The average Bonchev–Trinajstić information content (AvgIpc) is 3.21. The molecule has 112 valence electrons. The molecule has 1 aromatic carbocycles. The maximum atomic E-state index is 12.5. The Morgan fingerprint density at radius 3 is 2.70 bits per heavy atom. The number of nitrogens with one attached hydrogen (secondary N) is 1. The monoisotopic (exact) mass is 298 g/mol. The Bertz CT molecular complexity index is 568. The van der Waals surface area contributed by atoms with Gasteiger partial charge in [0.1, 0.15) is 10.6 Å². The van der Waals surface area contributed by atoms with Crippen LogP contribution in [0.2, 0.25) is 0 Å². The maximum absolute atomic E-state index is 12.5. The summed E-state index contributed by atoms with van der Waals surface area (Å²) < 4.78 is 32.8. The SMILES string of the molecule is COc1ccc(CN)cc1S(=O)(=O)NC(C)CC1CC1. The van der Waals surface area contributed by atoms with Gasteiger partial charge in [0.05, 0.1) is 7.11 Å². The Morgan fingerprint density at radius 1 is 1.45 bits per heavy atom. The van der Waals surface area contributed by atoms with Crippen molar-refractivity contribution >= 4 is 10.0 Å². The molecule has 0 bridgehead atoms. The second-order valence-electron chi connectivity index (χ2n) is 5.39. The summed E-state index contributed by atoms with van der Waals surface area (Å²) in [6, 6.07) is 4.91. The van der Waals surface area contributed by atoms with Crippen LogP contribution in [0.25, 0.3) is 0 Å². The van der Waals surface area contributed by atoms with Gasteiger partial charge in [0, 0.05) is 12.6 Å².